The fourth-order valence-corrected chi connectivity index (χ4v) is 2.56. The highest BCUT2D eigenvalue weighted by Crippen LogP contribution is 2.12. The average Bonchev–Trinajstić information content (AvgIpc) is 2.47. The second kappa shape index (κ2) is 7.22. The molecule has 1 N–H and O–H groups in total. The summed E-state index contributed by atoms with van der Waals surface area (Å²) >= 11 is 0. The molecule has 0 unspecified atom stereocenters. The van der Waals surface area contributed by atoms with E-state index in [4.69, 9.17) is 4.74 Å². The molecule has 0 saturated heterocycles. The van der Waals surface area contributed by atoms with Crippen LogP contribution in [0, 0.1) is 6.92 Å². The number of anilines is 1. The summed E-state index contributed by atoms with van der Waals surface area (Å²) in [5.41, 5.74) is 1.90. The summed E-state index contributed by atoms with van der Waals surface area (Å²) in [7, 11) is -3.53. The summed E-state index contributed by atoms with van der Waals surface area (Å²) in [5, 5.41) is 0. The Morgan fingerprint density at radius 3 is 2.55 bits per heavy atom. The van der Waals surface area contributed by atoms with E-state index in [1.165, 1.54) is 11.8 Å². The minimum atomic E-state index is -3.53. The van der Waals surface area contributed by atoms with E-state index >= 15 is 0 Å². The van der Waals surface area contributed by atoms with Gasteiger partial charge in [-0.25, -0.2) is 18.4 Å². The molecule has 0 aliphatic rings. The molecule has 0 aliphatic heterocycles. The van der Waals surface area contributed by atoms with Gasteiger partial charge < -0.3 is 4.74 Å². The molecule has 7 heteroatoms. The van der Waals surface area contributed by atoms with E-state index in [0.717, 1.165) is 6.42 Å². The van der Waals surface area contributed by atoms with E-state index in [1.54, 1.807) is 13.0 Å². The van der Waals surface area contributed by atoms with Gasteiger partial charge in [0.05, 0.1) is 0 Å². The molecule has 1 aromatic heterocycles. The van der Waals surface area contributed by atoms with Crippen molar-refractivity contribution in [2.45, 2.75) is 20.3 Å². The van der Waals surface area contributed by atoms with Gasteiger partial charge in [0.1, 0.15) is 18.1 Å². The first-order valence-corrected chi connectivity index (χ1v) is 8.65. The quantitative estimate of drug-likeness (QED) is 0.845. The van der Waals surface area contributed by atoms with Crippen molar-refractivity contribution in [3.63, 3.8) is 0 Å². The minimum Gasteiger partial charge on any atom is -0.492 e. The Morgan fingerprint density at radius 1 is 1.18 bits per heavy atom. The molecule has 0 saturated carbocycles. The van der Waals surface area contributed by atoms with Gasteiger partial charge in [-0.1, -0.05) is 19.1 Å². The van der Waals surface area contributed by atoms with Gasteiger partial charge in [0.15, 0.2) is 0 Å². The first kappa shape index (κ1) is 16.2. The fraction of sp³-hybridized carbons (Fsp3) is 0.333. The Labute approximate surface area is 130 Å². The van der Waals surface area contributed by atoms with Crippen LogP contribution in [0.1, 0.15) is 18.2 Å². The van der Waals surface area contributed by atoms with Gasteiger partial charge in [-0.15, -0.1) is 0 Å². The van der Waals surface area contributed by atoms with Crippen LogP contribution in [0.5, 0.6) is 5.75 Å². The lowest BCUT2D eigenvalue weighted by Gasteiger charge is -2.09. The highest BCUT2D eigenvalue weighted by molar-refractivity contribution is 7.92. The fourth-order valence-electron chi connectivity index (χ4n) is 1.78. The number of aromatic nitrogens is 2. The molecule has 0 atom stereocenters. The number of nitrogens with one attached hydrogen (secondary N) is 1. The molecular weight excluding hydrogens is 302 g/mol. The van der Waals surface area contributed by atoms with Gasteiger partial charge in [-0.3, -0.25) is 4.72 Å². The van der Waals surface area contributed by atoms with Crippen molar-refractivity contribution in [3.05, 3.63) is 47.8 Å². The Kier molecular flexibility index (Phi) is 5.32. The van der Waals surface area contributed by atoms with Crippen LogP contribution in [-0.4, -0.2) is 30.7 Å². The first-order chi connectivity index (χ1) is 10.5. The van der Waals surface area contributed by atoms with Crippen LogP contribution in [-0.2, 0) is 16.4 Å². The van der Waals surface area contributed by atoms with E-state index in [0.29, 0.717) is 11.4 Å². The number of nitrogens with zero attached hydrogens (tertiary/aromatic N) is 2. The van der Waals surface area contributed by atoms with Crippen LogP contribution in [0.4, 0.5) is 5.95 Å². The Morgan fingerprint density at radius 2 is 1.91 bits per heavy atom. The molecule has 0 bridgehead atoms. The summed E-state index contributed by atoms with van der Waals surface area (Å²) < 4.78 is 31.6. The van der Waals surface area contributed by atoms with Crippen molar-refractivity contribution in [1.82, 2.24) is 9.97 Å². The largest absolute Gasteiger partial charge is 0.492 e. The van der Waals surface area contributed by atoms with Crippen LogP contribution in [0.25, 0.3) is 0 Å². The van der Waals surface area contributed by atoms with Crippen LogP contribution in [0.2, 0.25) is 0 Å². The minimum absolute atomic E-state index is 0.0621. The molecule has 2 aromatic rings. The van der Waals surface area contributed by atoms with Crippen LogP contribution in [0.15, 0.2) is 36.5 Å². The lowest BCUT2D eigenvalue weighted by atomic mass is 10.2. The van der Waals surface area contributed by atoms with Crippen molar-refractivity contribution in [3.8, 4) is 5.75 Å². The third-order valence-electron chi connectivity index (χ3n) is 2.99. The number of hydrogen-bond donors (Lipinski definition) is 1. The number of ether oxygens (including phenoxy) is 1. The van der Waals surface area contributed by atoms with E-state index in [2.05, 4.69) is 21.6 Å². The van der Waals surface area contributed by atoms with E-state index in [1.807, 2.05) is 24.3 Å². The van der Waals surface area contributed by atoms with Crippen molar-refractivity contribution in [2.75, 3.05) is 17.1 Å². The molecule has 1 heterocycles. The summed E-state index contributed by atoms with van der Waals surface area (Å²) in [6.07, 6.45) is 2.46. The first-order valence-electron chi connectivity index (χ1n) is 7.00. The molecule has 1 aromatic carbocycles. The SMILES string of the molecule is CCc1ccc(OCCS(=O)(=O)Nc2nccc(C)n2)cc1. The monoisotopic (exact) mass is 321 g/mol. The molecular formula is C15H19N3O3S. The summed E-state index contributed by atoms with van der Waals surface area (Å²) in [6.45, 7) is 3.90. The number of aryl methyl sites for hydroxylation is 2. The van der Waals surface area contributed by atoms with Gasteiger partial charge >= 0.3 is 0 Å². The normalized spacial score (nSPS) is 11.2. The van der Waals surface area contributed by atoms with Crippen molar-refractivity contribution < 1.29 is 13.2 Å². The van der Waals surface area contributed by atoms with Crippen molar-refractivity contribution >= 4 is 16.0 Å². The highest BCUT2D eigenvalue weighted by Gasteiger charge is 2.12. The summed E-state index contributed by atoms with van der Waals surface area (Å²) in [4.78, 5) is 7.87. The zero-order valence-corrected chi connectivity index (χ0v) is 13.4. The van der Waals surface area contributed by atoms with E-state index in [-0.39, 0.29) is 18.3 Å². The molecule has 2 rings (SSSR count). The Bertz CT molecular complexity index is 715. The maximum absolute atomic E-state index is 11.9. The predicted octanol–water partition coefficient (Wildman–Crippen LogP) is 2.17. The van der Waals surface area contributed by atoms with Crippen molar-refractivity contribution in [2.24, 2.45) is 0 Å². The van der Waals surface area contributed by atoms with Gasteiger partial charge in [0, 0.05) is 11.9 Å². The summed E-state index contributed by atoms with van der Waals surface area (Å²) in [5.74, 6) is 0.561. The Hall–Kier alpha value is -2.15. The molecule has 118 valence electrons. The predicted molar refractivity (Wildman–Crippen MR) is 85.5 cm³/mol. The third-order valence-corrected chi connectivity index (χ3v) is 4.19. The topological polar surface area (TPSA) is 81.2 Å². The second-order valence-corrected chi connectivity index (χ2v) is 6.63. The lowest BCUT2D eigenvalue weighted by Crippen LogP contribution is -2.22. The van der Waals surface area contributed by atoms with Crippen LogP contribution < -0.4 is 9.46 Å². The molecule has 22 heavy (non-hydrogen) atoms. The molecule has 0 fully saturated rings. The highest BCUT2D eigenvalue weighted by atomic mass is 32.2. The zero-order valence-electron chi connectivity index (χ0n) is 12.6. The lowest BCUT2D eigenvalue weighted by molar-refractivity contribution is 0.341. The Balaban J connectivity index is 1.86. The third kappa shape index (κ3) is 5.00. The number of benzene rings is 1. The van der Waals surface area contributed by atoms with Crippen LogP contribution in [0.3, 0.4) is 0 Å². The molecule has 0 radical (unpaired) electrons. The number of hydrogen-bond acceptors (Lipinski definition) is 5. The molecule has 6 nitrogen and oxygen atoms in total. The zero-order chi connectivity index (χ0) is 16.0. The van der Waals surface area contributed by atoms with E-state index in [9.17, 15) is 8.42 Å². The maximum atomic E-state index is 11.9. The van der Waals surface area contributed by atoms with E-state index < -0.39 is 10.0 Å². The van der Waals surface area contributed by atoms with Crippen molar-refractivity contribution in [1.29, 1.82) is 0 Å². The number of rotatable bonds is 7. The van der Waals surface area contributed by atoms with Gasteiger partial charge in [0.2, 0.25) is 16.0 Å². The van der Waals surface area contributed by atoms with Gasteiger partial charge in [-0.05, 0) is 37.1 Å². The van der Waals surface area contributed by atoms with Gasteiger partial charge in [0.25, 0.3) is 0 Å². The summed E-state index contributed by atoms with van der Waals surface area (Å²) in [6, 6.07) is 9.29. The molecule has 0 spiro atoms. The smallest absolute Gasteiger partial charge is 0.238 e. The van der Waals surface area contributed by atoms with Crippen LogP contribution >= 0.6 is 0 Å². The van der Waals surface area contributed by atoms with Gasteiger partial charge in [-0.2, -0.15) is 0 Å². The molecule has 0 amide bonds. The average molecular weight is 321 g/mol. The maximum Gasteiger partial charge on any atom is 0.238 e. The standard InChI is InChI=1S/C15H19N3O3S/c1-3-13-4-6-14(7-5-13)21-10-11-22(19,20)18-15-16-9-8-12(2)17-15/h4-9H,3,10-11H2,1-2H3,(H,16,17,18). The number of sulfonamides is 1. The molecule has 0 aliphatic carbocycles. The second-order valence-electron chi connectivity index (χ2n) is 4.79.